The lowest BCUT2D eigenvalue weighted by Gasteiger charge is -2.72. The summed E-state index contributed by atoms with van der Waals surface area (Å²) in [4.78, 5) is 54.1. The predicted molar refractivity (Wildman–Crippen MR) is 187 cm³/mol. The van der Waals surface area contributed by atoms with Crippen LogP contribution in [0.4, 0.5) is 0 Å². The van der Waals surface area contributed by atoms with Gasteiger partial charge in [0.05, 0.1) is 23.4 Å². The standard InChI is InChI=1S/C40H64N2O6/c1-23(2)31-26(43)21-40(41-33(45)24(3)42(11)12)20-19-38(9)25(32(31)40)13-14-28-37(8)17-16-29(48-30(44)22-35(4,5)34(46)47)36(6,7)27(37)15-18-39(28,38)10/h23-25,27-29H,13-22H2,1-12H3,(H,41,45)(H,46,47)/t24?,25?,27?,28?,29-,37-,38+,39+,40+/m0/s1. The second-order valence-electron chi connectivity index (χ2n) is 19.1. The number of Topliss-reactive ketones (excluding diaryl/α,β-unsaturated/α-hetero) is 1. The summed E-state index contributed by atoms with van der Waals surface area (Å²) in [6.45, 7) is 21.5. The molecule has 8 nitrogen and oxygen atoms in total. The SMILES string of the molecule is CC(C)C1=C2C3CCC4[C@@]5(C)CC[C@H](OC(=O)CC(C)(C)C(=O)O)C(C)(C)C5CC[C@@]4(C)[C@]3(C)CC[C@@]2(NC(=O)C(C)N(C)C)CC1=O. The number of nitrogens with one attached hydrogen (secondary N) is 1. The largest absolute Gasteiger partial charge is 0.481 e. The Hall–Kier alpha value is -2.22. The van der Waals surface area contributed by atoms with E-state index in [9.17, 15) is 24.3 Å². The Kier molecular flexibility index (Phi) is 9.22. The topological polar surface area (TPSA) is 113 Å². The number of ketones is 1. The number of ether oxygens (including phenoxy) is 1. The number of aliphatic carboxylic acids is 1. The Balaban J connectivity index is 1.46. The second kappa shape index (κ2) is 11.9. The Bertz CT molecular complexity index is 1400. The third kappa shape index (κ3) is 5.40. The van der Waals surface area contributed by atoms with Crippen LogP contribution < -0.4 is 5.32 Å². The highest BCUT2D eigenvalue weighted by Gasteiger charge is 2.70. The summed E-state index contributed by atoms with van der Waals surface area (Å²) in [5.74, 6) is 0.0145. The van der Waals surface area contributed by atoms with Gasteiger partial charge in [-0.3, -0.25) is 24.1 Å². The molecule has 0 aromatic heterocycles. The summed E-state index contributed by atoms with van der Waals surface area (Å²) >= 11 is 0. The van der Waals surface area contributed by atoms with Gasteiger partial charge in [0.2, 0.25) is 5.91 Å². The van der Waals surface area contributed by atoms with Crippen LogP contribution in [-0.2, 0) is 23.9 Å². The first-order valence-corrected chi connectivity index (χ1v) is 18.7. The Morgan fingerprint density at radius 1 is 0.917 bits per heavy atom. The van der Waals surface area contributed by atoms with Crippen molar-refractivity contribution in [2.24, 2.45) is 50.7 Å². The zero-order chi connectivity index (χ0) is 36.0. The first-order valence-electron chi connectivity index (χ1n) is 18.7. The van der Waals surface area contributed by atoms with E-state index < -0.39 is 22.9 Å². The molecular weight excluding hydrogens is 604 g/mol. The Morgan fingerprint density at radius 3 is 2.15 bits per heavy atom. The summed E-state index contributed by atoms with van der Waals surface area (Å²) in [5, 5.41) is 13.1. The molecule has 0 saturated heterocycles. The van der Waals surface area contributed by atoms with Crippen molar-refractivity contribution in [2.75, 3.05) is 14.1 Å². The van der Waals surface area contributed by atoms with Crippen LogP contribution in [-0.4, -0.2) is 65.4 Å². The Morgan fingerprint density at radius 2 is 1.56 bits per heavy atom. The third-order valence-corrected chi connectivity index (χ3v) is 15.3. The number of amides is 1. The molecule has 0 radical (unpaired) electrons. The minimum Gasteiger partial charge on any atom is -0.481 e. The molecule has 0 spiro atoms. The molecule has 0 aromatic rings. The molecule has 2 N–H and O–H groups in total. The van der Waals surface area contributed by atoms with Crippen molar-refractivity contribution >= 4 is 23.6 Å². The van der Waals surface area contributed by atoms with E-state index in [4.69, 9.17) is 4.74 Å². The summed E-state index contributed by atoms with van der Waals surface area (Å²) in [7, 11) is 3.85. The molecule has 270 valence electrons. The van der Waals surface area contributed by atoms with Crippen molar-refractivity contribution in [3.05, 3.63) is 11.1 Å². The minimum absolute atomic E-state index is 0.00181. The van der Waals surface area contributed by atoms with E-state index in [-0.39, 0.29) is 63.8 Å². The van der Waals surface area contributed by atoms with Gasteiger partial charge in [-0.25, -0.2) is 0 Å². The highest BCUT2D eigenvalue weighted by molar-refractivity contribution is 6.02. The molecule has 0 aromatic carbocycles. The van der Waals surface area contributed by atoms with Gasteiger partial charge in [-0.2, -0.15) is 0 Å². The molecule has 5 aliphatic carbocycles. The molecule has 5 aliphatic rings. The number of hydrogen-bond donors (Lipinski definition) is 2. The van der Waals surface area contributed by atoms with Crippen molar-refractivity contribution in [1.29, 1.82) is 0 Å². The van der Waals surface area contributed by atoms with Gasteiger partial charge in [0.25, 0.3) is 0 Å². The maximum Gasteiger partial charge on any atom is 0.309 e. The number of carboxylic acid groups (broad SMARTS) is 1. The maximum absolute atomic E-state index is 13.9. The molecule has 0 aliphatic heterocycles. The van der Waals surface area contributed by atoms with Crippen molar-refractivity contribution in [1.82, 2.24) is 10.2 Å². The number of rotatable bonds is 8. The lowest BCUT2D eigenvalue weighted by Crippen LogP contribution is -2.67. The van der Waals surface area contributed by atoms with Gasteiger partial charge in [-0.05, 0) is 137 Å². The Labute approximate surface area is 289 Å². The van der Waals surface area contributed by atoms with Crippen LogP contribution in [0.3, 0.4) is 0 Å². The van der Waals surface area contributed by atoms with Crippen molar-refractivity contribution in [2.45, 2.75) is 151 Å². The number of allylic oxidation sites excluding steroid dienone is 1. The zero-order valence-corrected chi connectivity index (χ0v) is 32.0. The van der Waals surface area contributed by atoms with E-state index in [1.807, 2.05) is 25.9 Å². The highest BCUT2D eigenvalue weighted by Crippen LogP contribution is 2.76. The van der Waals surface area contributed by atoms with Gasteiger partial charge in [0, 0.05) is 11.8 Å². The predicted octanol–water partition coefficient (Wildman–Crippen LogP) is 7.20. The lowest BCUT2D eigenvalue weighted by molar-refractivity contribution is -0.232. The fraction of sp³-hybridized carbons (Fsp3) is 0.850. The van der Waals surface area contributed by atoms with Crippen molar-refractivity contribution in [3.63, 3.8) is 0 Å². The summed E-state index contributed by atoms with van der Waals surface area (Å²) < 4.78 is 6.14. The molecule has 4 saturated carbocycles. The number of carbonyl (C=O) groups is 4. The molecule has 9 atom stereocenters. The van der Waals surface area contributed by atoms with E-state index in [1.54, 1.807) is 13.8 Å². The summed E-state index contributed by atoms with van der Waals surface area (Å²) in [6.07, 6.45) is 7.76. The van der Waals surface area contributed by atoms with Gasteiger partial charge < -0.3 is 15.2 Å². The molecule has 0 bridgehead atoms. The van der Waals surface area contributed by atoms with E-state index >= 15 is 0 Å². The van der Waals surface area contributed by atoms with E-state index in [1.165, 1.54) is 5.57 Å². The van der Waals surface area contributed by atoms with Crippen LogP contribution in [0.15, 0.2) is 11.1 Å². The molecule has 48 heavy (non-hydrogen) atoms. The van der Waals surface area contributed by atoms with Crippen LogP contribution in [0.1, 0.15) is 133 Å². The normalized spacial score (nSPS) is 39.7. The van der Waals surface area contributed by atoms with Crippen LogP contribution in [0.2, 0.25) is 0 Å². The van der Waals surface area contributed by atoms with E-state index in [0.717, 1.165) is 56.9 Å². The fourth-order valence-corrected chi connectivity index (χ4v) is 12.2. The number of nitrogens with zero attached hydrogens (tertiary/aromatic N) is 1. The lowest BCUT2D eigenvalue weighted by atomic mass is 9.33. The van der Waals surface area contributed by atoms with Crippen LogP contribution in [0.5, 0.6) is 0 Å². The van der Waals surface area contributed by atoms with Crippen LogP contribution >= 0.6 is 0 Å². The first kappa shape index (κ1) is 37.0. The molecule has 5 rings (SSSR count). The van der Waals surface area contributed by atoms with Gasteiger partial charge in [-0.1, -0.05) is 48.5 Å². The molecule has 1 amide bonds. The minimum atomic E-state index is -1.16. The van der Waals surface area contributed by atoms with E-state index in [2.05, 4.69) is 53.8 Å². The number of fused-ring (bicyclic) bond motifs is 7. The number of hydrogen-bond acceptors (Lipinski definition) is 6. The molecule has 4 fully saturated rings. The first-order chi connectivity index (χ1) is 22.0. The van der Waals surface area contributed by atoms with Gasteiger partial charge >= 0.3 is 11.9 Å². The van der Waals surface area contributed by atoms with Crippen molar-refractivity contribution < 1.29 is 29.0 Å². The zero-order valence-electron chi connectivity index (χ0n) is 32.0. The van der Waals surface area contributed by atoms with Crippen LogP contribution in [0, 0.1) is 50.7 Å². The van der Waals surface area contributed by atoms with Gasteiger partial charge in [-0.15, -0.1) is 0 Å². The average molecular weight is 669 g/mol. The van der Waals surface area contributed by atoms with Gasteiger partial charge in [0.15, 0.2) is 5.78 Å². The smallest absolute Gasteiger partial charge is 0.309 e. The molecule has 4 unspecified atom stereocenters. The van der Waals surface area contributed by atoms with E-state index in [0.29, 0.717) is 18.3 Å². The summed E-state index contributed by atoms with van der Waals surface area (Å²) in [6, 6.07) is -0.281. The second-order valence-corrected chi connectivity index (χ2v) is 19.1. The highest BCUT2D eigenvalue weighted by atomic mass is 16.5. The third-order valence-electron chi connectivity index (χ3n) is 15.3. The van der Waals surface area contributed by atoms with Crippen molar-refractivity contribution in [3.8, 4) is 0 Å². The quantitative estimate of drug-likeness (QED) is 0.263. The molecular formula is C40H64N2O6. The maximum atomic E-state index is 13.9. The monoisotopic (exact) mass is 668 g/mol. The number of esters is 1. The average Bonchev–Trinajstić information content (AvgIpc) is 3.25. The molecule has 8 heteroatoms. The number of carbonyl (C=O) groups excluding carboxylic acids is 3. The van der Waals surface area contributed by atoms with Gasteiger partial charge in [0.1, 0.15) is 6.10 Å². The molecule has 0 heterocycles. The van der Waals surface area contributed by atoms with Crippen LogP contribution in [0.25, 0.3) is 0 Å². The fourth-order valence-electron chi connectivity index (χ4n) is 12.2. The summed E-state index contributed by atoms with van der Waals surface area (Å²) in [5.41, 5.74) is 0.342. The number of carboxylic acids is 1. The number of likely N-dealkylation sites (N-methyl/N-ethyl adjacent to an activating group) is 1.